The first-order chi connectivity index (χ1) is 4.79. The van der Waals surface area contributed by atoms with E-state index in [9.17, 15) is 0 Å². The molecule has 0 radical (unpaired) electrons. The van der Waals surface area contributed by atoms with Crippen molar-refractivity contribution in [3.63, 3.8) is 0 Å². The van der Waals surface area contributed by atoms with E-state index in [-0.39, 0.29) is 5.68 Å². The van der Waals surface area contributed by atoms with Gasteiger partial charge in [-0.1, -0.05) is 6.58 Å². The number of imidazole rings is 1. The molecule has 1 N–H and O–H groups in total. The molecule has 0 spiro atoms. The summed E-state index contributed by atoms with van der Waals surface area (Å²) in [7, 11) is 0. The van der Waals surface area contributed by atoms with E-state index in [2.05, 4.69) is 11.6 Å². The van der Waals surface area contributed by atoms with Crippen LogP contribution < -0.4 is 11.2 Å². The quantitative estimate of drug-likeness (QED) is 0.531. The Morgan fingerprint density at radius 1 is 1.70 bits per heavy atom. The number of hydrogen-bond donors (Lipinski definition) is 1. The zero-order chi connectivity index (χ0) is 7.14. The lowest BCUT2D eigenvalue weighted by Gasteiger charge is -1.74. The predicted molar refractivity (Wildman–Crippen MR) is 34.1 cm³/mol. The van der Waals surface area contributed by atoms with Crippen molar-refractivity contribution in [2.24, 2.45) is 0 Å². The summed E-state index contributed by atoms with van der Waals surface area (Å²) in [4.78, 5) is 3.89. The first kappa shape index (κ1) is 5.22. The fraction of sp³-hybridized carbons (Fsp3) is 0. The molecule has 0 fully saturated rings. The zero-order valence-electron chi connectivity index (χ0n) is 5.16. The van der Waals surface area contributed by atoms with E-state index < -0.39 is 0 Å². The number of oxazole rings is 1. The van der Waals surface area contributed by atoms with Crippen LogP contribution in [0.15, 0.2) is 16.9 Å². The Hall–Kier alpha value is -1.58. The molecule has 0 amide bonds. The number of rotatable bonds is 0. The second kappa shape index (κ2) is 1.47. The van der Waals surface area contributed by atoms with Crippen molar-refractivity contribution in [1.29, 1.82) is 5.41 Å². The summed E-state index contributed by atoms with van der Waals surface area (Å²) in [6.07, 6.45) is 3.09. The SMILES string of the molecule is C=c1ncc2coc(=N)n12. The van der Waals surface area contributed by atoms with E-state index in [1.165, 1.54) is 10.7 Å². The largest absolute Gasteiger partial charge is 0.431 e. The summed E-state index contributed by atoms with van der Waals surface area (Å²) in [5.41, 5.74) is 1.38. The van der Waals surface area contributed by atoms with Crippen LogP contribution in [-0.2, 0) is 0 Å². The van der Waals surface area contributed by atoms with Crippen LogP contribution in [0.2, 0.25) is 0 Å². The third-order valence-corrected chi connectivity index (χ3v) is 1.36. The van der Waals surface area contributed by atoms with Gasteiger partial charge in [-0.25, -0.2) is 9.38 Å². The number of hydrogen-bond acceptors (Lipinski definition) is 3. The van der Waals surface area contributed by atoms with E-state index >= 15 is 0 Å². The zero-order valence-corrected chi connectivity index (χ0v) is 5.16. The monoisotopic (exact) mass is 135 g/mol. The normalized spacial score (nSPS) is 10.8. The van der Waals surface area contributed by atoms with Gasteiger partial charge < -0.3 is 4.42 Å². The Balaban J connectivity index is 3.28. The average Bonchev–Trinajstić information content (AvgIpc) is 2.40. The highest BCUT2D eigenvalue weighted by Crippen LogP contribution is 1.91. The summed E-state index contributed by atoms with van der Waals surface area (Å²) >= 11 is 0. The number of fused-ring (bicyclic) bond motifs is 1. The highest BCUT2D eigenvalue weighted by atomic mass is 16.3. The van der Waals surface area contributed by atoms with Crippen molar-refractivity contribution in [1.82, 2.24) is 9.38 Å². The maximum atomic E-state index is 7.22. The second-order valence-corrected chi connectivity index (χ2v) is 1.98. The summed E-state index contributed by atoms with van der Waals surface area (Å²) in [5, 5.41) is 7.22. The minimum atomic E-state index is 0.0671. The molecular formula is C6H5N3O. The van der Waals surface area contributed by atoms with Crippen molar-refractivity contribution in [2.45, 2.75) is 0 Å². The van der Waals surface area contributed by atoms with E-state index in [1.54, 1.807) is 6.20 Å². The average molecular weight is 135 g/mol. The first-order valence-corrected chi connectivity index (χ1v) is 2.77. The van der Waals surface area contributed by atoms with Crippen LogP contribution in [0, 0.1) is 5.41 Å². The molecule has 0 aromatic carbocycles. The van der Waals surface area contributed by atoms with Gasteiger partial charge in [0.1, 0.15) is 17.3 Å². The molecule has 4 heteroatoms. The molecule has 0 aliphatic carbocycles. The first-order valence-electron chi connectivity index (χ1n) is 2.77. The van der Waals surface area contributed by atoms with Crippen LogP contribution >= 0.6 is 0 Å². The van der Waals surface area contributed by atoms with Crippen molar-refractivity contribution < 1.29 is 4.42 Å². The Morgan fingerprint density at radius 3 is 3.20 bits per heavy atom. The molecule has 0 atom stereocenters. The Morgan fingerprint density at radius 2 is 2.50 bits per heavy atom. The molecule has 0 aliphatic heterocycles. The van der Waals surface area contributed by atoms with Gasteiger partial charge in [0.25, 0.3) is 5.68 Å². The van der Waals surface area contributed by atoms with Gasteiger partial charge in [-0.05, 0) is 0 Å². The van der Waals surface area contributed by atoms with Crippen LogP contribution in [0.4, 0.5) is 0 Å². The van der Waals surface area contributed by atoms with E-state index in [0.29, 0.717) is 5.48 Å². The van der Waals surface area contributed by atoms with Gasteiger partial charge in [0.05, 0.1) is 6.20 Å². The molecule has 0 aliphatic rings. The van der Waals surface area contributed by atoms with Gasteiger partial charge in [0.2, 0.25) is 0 Å². The van der Waals surface area contributed by atoms with Gasteiger partial charge >= 0.3 is 0 Å². The van der Waals surface area contributed by atoms with E-state index in [4.69, 9.17) is 9.83 Å². The lowest BCUT2D eigenvalue weighted by molar-refractivity contribution is 0.477. The topological polar surface area (TPSA) is 54.3 Å². The molecule has 2 aromatic rings. The van der Waals surface area contributed by atoms with Crippen molar-refractivity contribution in [2.75, 3.05) is 0 Å². The molecule has 2 heterocycles. The molecule has 0 unspecified atom stereocenters. The summed E-state index contributed by atoms with van der Waals surface area (Å²) in [6.45, 7) is 3.61. The van der Waals surface area contributed by atoms with Crippen molar-refractivity contribution >= 4 is 12.1 Å². The van der Waals surface area contributed by atoms with Crippen molar-refractivity contribution in [3.8, 4) is 0 Å². The van der Waals surface area contributed by atoms with Crippen LogP contribution in [0.1, 0.15) is 0 Å². The summed E-state index contributed by atoms with van der Waals surface area (Å²) in [6, 6.07) is 0. The van der Waals surface area contributed by atoms with Crippen molar-refractivity contribution in [3.05, 3.63) is 23.6 Å². The Bertz CT molecular complexity index is 413. The minimum absolute atomic E-state index is 0.0671. The van der Waals surface area contributed by atoms with Crippen LogP contribution in [0.3, 0.4) is 0 Å². The molecule has 50 valence electrons. The minimum Gasteiger partial charge on any atom is -0.431 e. The highest BCUT2D eigenvalue weighted by molar-refractivity contribution is 5.40. The number of nitrogens with one attached hydrogen (secondary N) is 1. The highest BCUT2D eigenvalue weighted by Gasteiger charge is 1.97. The van der Waals surface area contributed by atoms with Crippen LogP contribution in [0.5, 0.6) is 0 Å². The molecule has 2 rings (SSSR count). The van der Waals surface area contributed by atoms with E-state index in [0.717, 1.165) is 5.52 Å². The van der Waals surface area contributed by atoms with Gasteiger partial charge in [0.15, 0.2) is 0 Å². The fourth-order valence-corrected chi connectivity index (χ4v) is 0.892. The molecule has 0 bridgehead atoms. The number of aromatic nitrogens is 2. The Labute approximate surface area is 55.9 Å². The molecule has 0 saturated heterocycles. The molecule has 10 heavy (non-hydrogen) atoms. The molecule has 0 saturated carbocycles. The van der Waals surface area contributed by atoms with Gasteiger partial charge in [-0.3, -0.25) is 5.41 Å². The predicted octanol–water partition coefficient (Wildman–Crippen LogP) is -0.464. The summed E-state index contributed by atoms with van der Waals surface area (Å²) in [5.74, 6) is 0. The standard InChI is InChI=1S/C6H5N3O/c1-4-8-2-5-3-10-6(7)9(4)5/h2-3,7H,1H2. The van der Waals surface area contributed by atoms with Gasteiger partial charge in [-0.2, -0.15) is 0 Å². The lowest BCUT2D eigenvalue weighted by atomic mass is 10.7. The summed E-state index contributed by atoms with van der Waals surface area (Å²) < 4.78 is 6.31. The fourth-order valence-electron chi connectivity index (χ4n) is 0.892. The Kier molecular flexibility index (Phi) is 0.768. The molecule has 4 nitrogen and oxygen atoms in total. The third kappa shape index (κ3) is 0.452. The lowest BCUT2D eigenvalue weighted by Crippen LogP contribution is -2.19. The van der Waals surface area contributed by atoms with Gasteiger partial charge in [0, 0.05) is 0 Å². The van der Waals surface area contributed by atoms with Crippen LogP contribution in [-0.4, -0.2) is 9.38 Å². The smallest absolute Gasteiger partial charge is 0.300 e. The molecule has 2 aromatic heterocycles. The maximum absolute atomic E-state index is 7.22. The van der Waals surface area contributed by atoms with Gasteiger partial charge in [-0.15, -0.1) is 0 Å². The second-order valence-electron chi connectivity index (χ2n) is 1.98. The van der Waals surface area contributed by atoms with Crippen LogP contribution in [0.25, 0.3) is 12.1 Å². The third-order valence-electron chi connectivity index (χ3n) is 1.36. The maximum Gasteiger partial charge on any atom is 0.300 e. The molecular weight excluding hydrogens is 130 g/mol. The number of nitrogens with zero attached hydrogens (tertiary/aromatic N) is 2. The van der Waals surface area contributed by atoms with E-state index in [1.807, 2.05) is 0 Å².